The van der Waals surface area contributed by atoms with Crippen LogP contribution in [0.3, 0.4) is 0 Å². The van der Waals surface area contributed by atoms with E-state index in [0.717, 1.165) is 24.2 Å². The minimum Gasteiger partial charge on any atom is -0.488 e. The number of ether oxygens (including phenoxy) is 2. The van der Waals surface area contributed by atoms with Crippen molar-refractivity contribution in [1.29, 1.82) is 0 Å². The molecule has 0 spiro atoms. The average molecular weight is 303 g/mol. The molecule has 1 amide bonds. The lowest BCUT2D eigenvalue weighted by atomic mass is 10.1. The number of fused-ring (bicyclic) bond motifs is 1. The summed E-state index contributed by atoms with van der Waals surface area (Å²) in [5.41, 5.74) is 1.25. The lowest BCUT2D eigenvalue weighted by molar-refractivity contribution is -0.145. The number of carbonyl (C=O) groups is 2. The van der Waals surface area contributed by atoms with Crippen molar-refractivity contribution in [2.75, 3.05) is 13.2 Å². The highest BCUT2D eigenvalue weighted by molar-refractivity contribution is 5.96. The summed E-state index contributed by atoms with van der Waals surface area (Å²) in [6.45, 7) is 3.86. The third-order valence-electron chi connectivity index (χ3n) is 3.36. The zero-order valence-electron chi connectivity index (χ0n) is 12.9. The summed E-state index contributed by atoms with van der Waals surface area (Å²) in [6.07, 6.45) is 3.62. The molecule has 1 aliphatic rings. The summed E-state index contributed by atoms with van der Waals surface area (Å²) in [6, 6.07) is 7.53. The molecule has 1 N–H and O–H groups in total. The molecule has 0 saturated carbocycles. The quantitative estimate of drug-likeness (QED) is 0.819. The first-order valence-corrected chi connectivity index (χ1v) is 7.49. The van der Waals surface area contributed by atoms with E-state index in [1.54, 1.807) is 6.08 Å². The van der Waals surface area contributed by atoms with E-state index in [1.165, 1.54) is 0 Å². The third-order valence-corrected chi connectivity index (χ3v) is 3.36. The summed E-state index contributed by atoms with van der Waals surface area (Å²) in [5.74, 6) is -0.0648. The van der Waals surface area contributed by atoms with Crippen LogP contribution in [0.25, 0.3) is 6.08 Å². The Morgan fingerprint density at radius 1 is 1.36 bits per heavy atom. The monoisotopic (exact) mass is 303 g/mol. The van der Waals surface area contributed by atoms with E-state index in [9.17, 15) is 9.59 Å². The van der Waals surface area contributed by atoms with Crippen molar-refractivity contribution in [1.82, 2.24) is 5.32 Å². The fourth-order valence-electron chi connectivity index (χ4n) is 2.28. The zero-order chi connectivity index (χ0) is 15.9. The molecule has 118 valence electrons. The van der Waals surface area contributed by atoms with E-state index in [2.05, 4.69) is 12.2 Å². The zero-order valence-corrected chi connectivity index (χ0v) is 12.9. The highest BCUT2D eigenvalue weighted by atomic mass is 16.5. The molecule has 0 saturated heterocycles. The summed E-state index contributed by atoms with van der Waals surface area (Å²) in [5, 5.41) is 2.79. The Bertz CT molecular complexity index is 580. The molecule has 1 heterocycles. The van der Waals surface area contributed by atoms with Crippen molar-refractivity contribution < 1.29 is 19.1 Å². The number of hydrogen-bond donors (Lipinski definition) is 1. The highest BCUT2D eigenvalue weighted by Gasteiger charge is 2.19. The maximum Gasteiger partial charge on any atom is 0.338 e. The Morgan fingerprint density at radius 2 is 2.14 bits per heavy atom. The van der Waals surface area contributed by atoms with Crippen molar-refractivity contribution in [2.24, 2.45) is 0 Å². The second-order valence-corrected chi connectivity index (χ2v) is 5.33. The molecule has 1 aromatic rings. The molecule has 0 fully saturated rings. The third kappa shape index (κ3) is 4.35. The van der Waals surface area contributed by atoms with E-state index < -0.39 is 5.97 Å². The van der Waals surface area contributed by atoms with E-state index in [-0.39, 0.29) is 25.2 Å². The van der Waals surface area contributed by atoms with Gasteiger partial charge in [0.1, 0.15) is 12.4 Å². The van der Waals surface area contributed by atoms with E-state index in [1.807, 2.05) is 31.2 Å². The largest absolute Gasteiger partial charge is 0.488 e. The smallest absolute Gasteiger partial charge is 0.338 e. The standard InChI is InChI=1S/C17H21NO4/c1-3-6-12(2)18-16(19)11-22-17(20)14-9-13-7-4-5-8-15(13)21-10-14/h4-5,7-9,12H,3,6,10-11H2,1-2H3,(H,18,19)/t12-/m1/s1. The van der Waals surface area contributed by atoms with Crippen molar-refractivity contribution in [3.63, 3.8) is 0 Å². The van der Waals surface area contributed by atoms with Gasteiger partial charge in [0.2, 0.25) is 0 Å². The average Bonchev–Trinajstić information content (AvgIpc) is 2.52. The van der Waals surface area contributed by atoms with Crippen molar-refractivity contribution in [2.45, 2.75) is 32.7 Å². The van der Waals surface area contributed by atoms with Gasteiger partial charge in [-0.1, -0.05) is 31.5 Å². The maximum atomic E-state index is 12.0. The predicted octanol–water partition coefficient (Wildman–Crippen LogP) is 2.31. The molecule has 5 nitrogen and oxygen atoms in total. The van der Waals surface area contributed by atoms with Gasteiger partial charge in [0.05, 0.1) is 5.57 Å². The summed E-state index contributed by atoms with van der Waals surface area (Å²) in [4.78, 5) is 23.6. The molecule has 2 rings (SSSR count). The molecule has 22 heavy (non-hydrogen) atoms. The van der Waals surface area contributed by atoms with Gasteiger partial charge in [-0.05, 0) is 25.5 Å². The summed E-state index contributed by atoms with van der Waals surface area (Å²) < 4.78 is 10.5. The van der Waals surface area contributed by atoms with Gasteiger partial charge in [-0.15, -0.1) is 0 Å². The van der Waals surface area contributed by atoms with Gasteiger partial charge in [0, 0.05) is 11.6 Å². The predicted molar refractivity (Wildman–Crippen MR) is 83.4 cm³/mol. The Hall–Kier alpha value is -2.30. The topological polar surface area (TPSA) is 64.6 Å². The molecule has 1 atom stereocenters. The fourth-order valence-corrected chi connectivity index (χ4v) is 2.28. The van der Waals surface area contributed by atoms with Gasteiger partial charge in [0.25, 0.3) is 5.91 Å². The van der Waals surface area contributed by atoms with Crippen LogP contribution in [0, 0.1) is 0 Å². The number of esters is 1. The molecule has 0 bridgehead atoms. The molecule has 0 radical (unpaired) electrons. The Morgan fingerprint density at radius 3 is 2.91 bits per heavy atom. The van der Waals surface area contributed by atoms with E-state index in [0.29, 0.717) is 5.57 Å². The Kier molecular flexibility index (Phi) is 5.58. The van der Waals surface area contributed by atoms with E-state index >= 15 is 0 Å². The lowest BCUT2D eigenvalue weighted by Gasteiger charge is -2.17. The van der Waals surface area contributed by atoms with Crippen LogP contribution >= 0.6 is 0 Å². The van der Waals surface area contributed by atoms with Gasteiger partial charge in [-0.25, -0.2) is 4.79 Å². The van der Waals surface area contributed by atoms with Crippen molar-refractivity contribution in [3.8, 4) is 5.75 Å². The van der Waals surface area contributed by atoms with Gasteiger partial charge in [-0.3, -0.25) is 4.79 Å². The van der Waals surface area contributed by atoms with Gasteiger partial charge >= 0.3 is 5.97 Å². The van der Waals surface area contributed by atoms with Crippen LogP contribution in [0.15, 0.2) is 29.8 Å². The molecule has 5 heteroatoms. The summed E-state index contributed by atoms with van der Waals surface area (Å²) in [7, 11) is 0. The van der Waals surface area contributed by atoms with Crippen LogP contribution in [-0.2, 0) is 14.3 Å². The molecule has 0 aromatic heterocycles. The number of hydrogen-bond acceptors (Lipinski definition) is 4. The fraction of sp³-hybridized carbons (Fsp3) is 0.412. The number of rotatable bonds is 6. The van der Waals surface area contributed by atoms with Crippen LogP contribution in [0.2, 0.25) is 0 Å². The minimum absolute atomic E-state index is 0.0836. The van der Waals surface area contributed by atoms with Gasteiger partial charge in [0.15, 0.2) is 6.61 Å². The number of carbonyl (C=O) groups excluding carboxylic acids is 2. The van der Waals surface area contributed by atoms with Crippen LogP contribution in [0.5, 0.6) is 5.75 Å². The second kappa shape index (κ2) is 7.64. The van der Waals surface area contributed by atoms with Gasteiger partial charge in [-0.2, -0.15) is 0 Å². The number of benzene rings is 1. The molecular weight excluding hydrogens is 282 g/mol. The van der Waals surface area contributed by atoms with Gasteiger partial charge < -0.3 is 14.8 Å². The maximum absolute atomic E-state index is 12.0. The highest BCUT2D eigenvalue weighted by Crippen LogP contribution is 2.25. The first-order chi connectivity index (χ1) is 10.6. The Balaban J connectivity index is 1.86. The van der Waals surface area contributed by atoms with Crippen molar-refractivity contribution >= 4 is 18.0 Å². The molecule has 0 aliphatic carbocycles. The molecule has 1 aliphatic heterocycles. The van der Waals surface area contributed by atoms with Crippen LogP contribution in [0.1, 0.15) is 32.3 Å². The number of nitrogens with one attached hydrogen (secondary N) is 1. The normalized spacial score (nSPS) is 14.2. The van der Waals surface area contributed by atoms with Crippen LogP contribution in [0.4, 0.5) is 0 Å². The van der Waals surface area contributed by atoms with E-state index in [4.69, 9.17) is 9.47 Å². The second-order valence-electron chi connectivity index (χ2n) is 5.33. The summed E-state index contributed by atoms with van der Waals surface area (Å²) >= 11 is 0. The van der Waals surface area contributed by atoms with Crippen LogP contribution in [-0.4, -0.2) is 31.1 Å². The molecule has 1 aromatic carbocycles. The van der Waals surface area contributed by atoms with Crippen molar-refractivity contribution in [3.05, 3.63) is 35.4 Å². The first-order valence-electron chi connectivity index (χ1n) is 7.49. The minimum atomic E-state index is -0.521. The van der Waals surface area contributed by atoms with Crippen LogP contribution < -0.4 is 10.1 Å². The SMILES string of the molecule is CCC[C@@H](C)NC(=O)COC(=O)C1=Cc2ccccc2OC1. The molecular formula is C17H21NO4. The molecule has 0 unspecified atom stereocenters. The lowest BCUT2D eigenvalue weighted by Crippen LogP contribution is -2.36. The number of para-hydroxylation sites is 1. The number of amides is 1. The first kappa shape index (κ1) is 16.1. The Labute approximate surface area is 130 Å².